The Hall–Kier alpha value is -5.80. The fourth-order valence-electron chi connectivity index (χ4n) is 8.47. The lowest BCUT2D eigenvalue weighted by Gasteiger charge is -2.47. The van der Waals surface area contributed by atoms with Crippen molar-refractivity contribution in [2.45, 2.75) is 124 Å². The third kappa shape index (κ3) is 11.2. The first-order valence-corrected chi connectivity index (χ1v) is 22.7. The van der Waals surface area contributed by atoms with Crippen LogP contribution in [0.25, 0.3) is 28.4 Å². The lowest BCUT2D eigenvalue weighted by Crippen LogP contribution is -2.66. The number of methoxy groups -OCH3 is 1. The van der Waals surface area contributed by atoms with Crippen molar-refractivity contribution in [2.75, 3.05) is 20.3 Å². The van der Waals surface area contributed by atoms with Crippen molar-refractivity contribution in [3.05, 3.63) is 76.5 Å². The van der Waals surface area contributed by atoms with Crippen molar-refractivity contribution in [1.82, 2.24) is 0 Å². The van der Waals surface area contributed by atoms with Crippen molar-refractivity contribution in [3.8, 4) is 45.8 Å². The van der Waals surface area contributed by atoms with Crippen LogP contribution in [0.3, 0.4) is 0 Å². The summed E-state index contributed by atoms with van der Waals surface area (Å²) in [5.74, 6) is -4.27. The summed E-state index contributed by atoms with van der Waals surface area (Å²) in [4.78, 5) is 28.4. The molecule has 8 rings (SSSR count). The van der Waals surface area contributed by atoms with Crippen molar-refractivity contribution < 1.29 is 128 Å². The van der Waals surface area contributed by atoms with Crippen LogP contribution in [0.4, 0.5) is 0 Å². The quantitative estimate of drug-likeness (QED) is 0.0438. The fourth-order valence-corrected chi connectivity index (χ4v) is 8.47. The second-order valence-electron chi connectivity index (χ2n) is 17.6. The normalized spacial score (nSPS) is 35.6. The number of esters is 1. The third-order valence-electron chi connectivity index (χ3n) is 12.6. The minimum atomic E-state index is -2.23. The summed E-state index contributed by atoms with van der Waals surface area (Å²) in [5, 5.41) is 149. The first kappa shape index (κ1) is 54.5. The summed E-state index contributed by atoms with van der Waals surface area (Å²) in [5.41, 5.74) is -1.22. The number of phenols is 4. The number of aliphatic hydroxyl groups is 10. The zero-order valence-electron chi connectivity index (χ0n) is 38.8. The molecule has 4 aromatic rings. The molecular formula is C47H54O27. The minimum absolute atomic E-state index is 0.0198. The predicted molar refractivity (Wildman–Crippen MR) is 240 cm³/mol. The molecule has 0 spiro atoms. The average molecular weight is 1050 g/mol. The van der Waals surface area contributed by atoms with Crippen LogP contribution >= 0.6 is 0 Å². The molecule has 27 nitrogen and oxygen atoms in total. The molecule has 4 aliphatic rings. The maximum Gasteiger partial charge on any atom is 0.331 e. The molecule has 4 saturated heterocycles. The molecule has 0 saturated carbocycles. The van der Waals surface area contributed by atoms with E-state index in [-0.39, 0.29) is 34.0 Å². The first-order chi connectivity index (χ1) is 35.1. The highest BCUT2D eigenvalue weighted by Gasteiger charge is 2.55. The number of aromatic hydroxyl groups is 4. The van der Waals surface area contributed by atoms with Gasteiger partial charge in [0.15, 0.2) is 54.6 Å². The van der Waals surface area contributed by atoms with E-state index in [4.69, 9.17) is 51.8 Å². The standard InChI is InChI=1S/C47H54O27/c1-16-29(54)39(71-44-35(60)30(55)23(52)14-65-44)37(62)45(67-16)66-15-26-31(56)40(70-27(53)10-4-17-3-9-21(50)24(11-17)64-2)42(73-46-36(61)33(58)34(59)43(63)74-46)47(69-26)72-41-32(57)28-22(51)12-20(49)13-25(28)68-38(41)18-5-7-19(48)8-6-18/h3-13,16,23,26,29-31,33-37,39-40,42-52,54-56,58-63H,14-15H2,1-2H3. The van der Waals surface area contributed by atoms with Gasteiger partial charge < -0.3 is 123 Å². The van der Waals surface area contributed by atoms with Crippen molar-refractivity contribution in [2.24, 2.45) is 0 Å². The van der Waals surface area contributed by atoms with E-state index in [0.29, 0.717) is 0 Å². The zero-order valence-corrected chi connectivity index (χ0v) is 38.8. The van der Waals surface area contributed by atoms with E-state index >= 15 is 0 Å². The number of phenolic OH excluding ortho intramolecular Hbond substituents is 4. The highest BCUT2D eigenvalue weighted by molar-refractivity contribution is 5.88. The monoisotopic (exact) mass is 1050 g/mol. The number of benzene rings is 3. The first-order valence-electron chi connectivity index (χ1n) is 22.7. The van der Waals surface area contributed by atoms with E-state index in [1.807, 2.05) is 0 Å². The van der Waals surface area contributed by atoms with E-state index in [1.165, 1.54) is 62.6 Å². The van der Waals surface area contributed by atoms with Crippen molar-refractivity contribution in [1.29, 1.82) is 0 Å². The lowest BCUT2D eigenvalue weighted by atomic mass is 9.97. The third-order valence-corrected chi connectivity index (χ3v) is 12.6. The lowest BCUT2D eigenvalue weighted by molar-refractivity contribution is -0.381. The van der Waals surface area contributed by atoms with Gasteiger partial charge in [-0.15, -0.1) is 0 Å². The molecule has 4 fully saturated rings. The second-order valence-corrected chi connectivity index (χ2v) is 17.6. The Morgan fingerprint density at radius 3 is 2.09 bits per heavy atom. The molecule has 0 bridgehead atoms. The van der Waals surface area contributed by atoms with E-state index in [0.717, 1.165) is 18.2 Å². The summed E-state index contributed by atoms with van der Waals surface area (Å²) >= 11 is 0. The summed E-state index contributed by atoms with van der Waals surface area (Å²) in [7, 11) is 1.28. The van der Waals surface area contributed by atoms with Crippen LogP contribution in [0.5, 0.6) is 34.5 Å². The molecule has 1 aromatic heterocycles. The van der Waals surface area contributed by atoms with Gasteiger partial charge in [0.2, 0.25) is 17.5 Å². The summed E-state index contributed by atoms with van der Waals surface area (Å²) in [6.45, 7) is -0.0360. The second kappa shape index (κ2) is 22.6. The molecule has 0 radical (unpaired) electrons. The number of fused-ring (bicyclic) bond motifs is 1. The molecule has 404 valence electrons. The number of ether oxygens (including phenoxy) is 10. The fraction of sp³-hybridized carbons (Fsp3) is 0.489. The van der Waals surface area contributed by atoms with Crippen LogP contribution in [0, 0.1) is 0 Å². The maximum absolute atomic E-state index is 14.6. The molecule has 4 aliphatic heterocycles. The van der Waals surface area contributed by atoms with Gasteiger partial charge in [-0.05, 0) is 55.0 Å². The number of hydrogen-bond acceptors (Lipinski definition) is 27. The Balaban J connectivity index is 1.19. The molecule has 14 N–H and O–H groups in total. The minimum Gasteiger partial charge on any atom is -0.508 e. The highest BCUT2D eigenvalue weighted by Crippen LogP contribution is 2.40. The van der Waals surface area contributed by atoms with Gasteiger partial charge in [0.1, 0.15) is 95.4 Å². The van der Waals surface area contributed by atoms with E-state index in [2.05, 4.69) is 0 Å². The Morgan fingerprint density at radius 2 is 1.38 bits per heavy atom. The maximum atomic E-state index is 14.6. The van der Waals surface area contributed by atoms with Crippen LogP contribution in [0.2, 0.25) is 0 Å². The zero-order chi connectivity index (χ0) is 53.4. The Bertz CT molecular complexity index is 2680. The number of carbonyl (C=O) groups excluding carboxylic acids is 1. The molecule has 0 aliphatic carbocycles. The van der Waals surface area contributed by atoms with Gasteiger partial charge in [-0.1, -0.05) is 6.07 Å². The smallest absolute Gasteiger partial charge is 0.331 e. The molecule has 19 atom stereocenters. The Morgan fingerprint density at radius 1 is 0.676 bits per heavy atom. The molecular weight excluding hydrogens is 996 g/mol. The molecule has 3 aromatic carbocycles. The van der Waals surface area contributed by atoms with Gasteiger partial charge in [-0.25, -0.2) is 4.79 Å². The number of carbonyl (C=O) groups is 1. The topological polar surface area (TPSA) is 423 Å². The molecule has 5 heterocycles. The van der Waals surface area contributed by atoms with Gasteiger partial charge in [-0.3, -0.25) is 4.79 Å². The Kier molecular flexibility index (Phi) is 16.6. The van der Waals surface area contributed by atoms with Crippen molar-refractivity contribution >= 4 is 23.0 Å². The summed E-state index contributed by atoms with van der Waals surface area (Å²) < 4.78 is 63.3. The van der Waals surface area contributed by atoms with Gasteiger partial charge in [-0.2, -0.15) is 0 Å². The van der Waals surface area contributed by atoms with Gasteiger partial charge >= 0.3 is 5.97 Å². The van der Waals surface area contributed by atoms with E-state index in [1.54, 1.807) is 0 Å². The van der Waals surface area contributed by atoms with Gasteiger partial charge in [0.25, 0.3) is 0 Å². The van der Waals surface area contributed by atoms with Crippen LogP contribution in [-0.2, 0) is 42.7 Å². The largest absolute Gasteiger partial charge is 0.508 e. The predicted octanol–water partition coefficient (Wildman–Crippen LogP) is -3.17. The van der Waals surface area contributed by atoms with Crippen LogP contribution in [0.1, 0.15) is 12.5 Å². The number of hydrogen-bond donors (Lipinski definition) is 14. The van der Waals surface area contributed by atoms with E-state index in [9.17, 15) is 81.1 Å². The highest BCUT2D eigenvalue weighted by atomic mass is 16.8. The SMILES string of the molecule is COc1cc(C=CC(=O)OC2C(O)C(COC3OC(C)C(O)C(OC4OCC(O)C(O)C4O)C3O)OC(Oc3c(-c4ccc(O)cc4)oc4cc(O)cc(O)c4c3=O)C2OC2OC(O)C(O)C(O)C2O)ccc1O. The summed E-state index contributed by atoms with van der Waals surface area (Å²) in [6.07, 6.45) is -34.3. The molecule has 0 amide bonds. The van der Waals surface area contributed by atoms with Crippen molar-refractivity contribution in [3.63, 3.8) is 0 Å². The van der Waals surface area contributed by atoms with E-state index < -0.39 is 170 Å². The molecule has 74 heavy (non-hydrogen) atoms. The number of aliphatic hydroxyl groups excluding tert-OH is 10. The molecule has 19 unspecified atom stereocenters. The summed E-state index contributed by atoms with van der Waals surface area (Å²) in [6, 6.07) is 10.8. The van der Waals surface area contributed by atoms with Crippen LogP contribution in [-0.4, -0.2) is 215 Å². The van der Waals surface area contributed by atoms with Crippen LogP contribution in [0.15, 0.2) is 69.9 Å². The molecule has 27 heteroatoms. The average Bonchev–Trinajstić information content (AvgIpc) is 3.36. The van der Waals surface area contributed by atoms with Gasteiger partial charge in [0, 0.05) is 23.8 Å². The Labute approximate surface area is 416 Å². The number of rotatable bonds is 14. The van der Waals surface area contributed by atoms with Crippen LogP contribution < -0.4 is 14.9 Å². The van der Waals surface area contributed by atoms with Gasteiger partial charge in [0.05, 0.1) is 26.4 Å².